The molecule has 0 aliphatic carbocycles. The van der Waals surface area contributed by atoms with E-state index in [1.54, 1.807) is 0 Å². The van der Waals surface area contributed by atoms with Crippen LogP contribution in [0.25, 0.3) is 0 Å². The highest BCUT2D eigenvalue weighted by Crippen LogP contribution is 2.22. The number of benzene rings is 1. The Kier molecular flexibility index (Phi) is 5.39. The Morgan fingerprint density at radius 3 is 2.70 bits per heavy atom. The Labute approximate surface area is 127 Å². The summed E-state index contributed by atoms with van der Waals surface area (Å²) >= 11 is 3.39. The second kappa shape index (κ2) is 7.06. The topological polar surface area (TPSA) is 58.8 Å². The van der Waals surface area contributed by atoms with Crippen LogP contribution in [-0.2, 0) is 11.3 Å². The molecule has 20 heavy (non-hydrogen) atoms. The Bertz CT molecular complexity index is 473. The van der Waals surface area contributed by atoms with Crippen LogP contribution in [0.5, 0.6) is 5.75 Å². The van der Waals surface area contributed by atoms with E-state index in [1.165, 1.54) is 0 Å². The zero-order chi connectivity index (χ0) is 14.5. The van der Waals surface area contributed by atoms with Gasteiger partial charge in [-0.25, -0.2) is 0 Å². The molecule has 0 bridgehead atoms. The molecule has 1 aliphatic heterocycles. The highest BCUT2D eigenvalue weighted by atomic mass is 79.9. The zero-order valence-electron chi connectivity index (χ0n) is 11.6. The van der Waals surface area contributed by atoms with Gasteiger partial charge in [0, 0.05) is 42.8 Å². The van der Waals surface area contributed by atoms with Crippen molar-refractivity contribution in [3.8, 4) is 5.75 Å². The Morgan fingerprint density at radius 2 is 2.05 bits per heavy atom. The van der Waals surface area contributed by atoms with E-state index >= 15 is 0 Å². The lowest BCUT2D eigenvalue weighted by atomic mass is 10.2. The van der Waals surface area contributed by atoms with Crippen molar-refractivity contribution in [3.63, 3.8) is 0 Å². The minimum atomic E-state index is 0.0315. The van der Waals surface area contributed by atoms with Gasteiger partial charge in [-0.1, -0.05) is 15.9 Å². The van der Waals surface area contributed by atoms with E-state index in [1.807, 2.05) is 23.1 Å². The normalized spacial score (nSPS) is 16.2. The smallest absolute Gasteiger partial charge is 0.260 e. The van der Waals surface area contributed by atoms with Crippen LogP contribution in [0.4, 0.5) is 0 Å². The average molecular weight is 342 g/mol. The van der Waals surface area contributed by atoms with E-state index < -0.39 is 0 Å². The number of likely N-dealkylation sites (N-methyl/N-ethyl adjacent to an activating group) is 1. The molecule has 1 heterocycles. The zero-order valence-corrected chi connectivity index (χ0v) is 13.2. The van der Waals surface area contributed by atoms with Crippen LogP contribution >= 0.6 is 15.9 Å². The number of nitrogens with two attached hydrogens (primary N) is 1. The Balaban J connectivity index is 1.90. The monoisotopic (exact) mass is 341 g/mol. The molecule has 0 unspecified atom stereocenters. The average Bonchev–Trinajstić information content (AvgIpc) is 2.46. The molecule has 6 heteroatoms. The first kappa shape index (κ1) is 15.3. The van der Waals surface area contributed by atoms with Gasteiger partial charge in [-0.2, -0.15) is 0 Å². The van der Waals surface area contributed by atoms with Crippen molar-refractivity contribution >= 4 is 21.8 Å². The number of halogens is 1. The summed E-state index contributed by atoms with van der Waals surface area (Å²) < 4.78 is 6.57. The number of carbonyl (C=O) groups is 1. The minimum absolute atomic E-state index is 0.0315. The fraction of sp³-hybridized carbons (Fsp3) is 0.500. The molecule has 0 aromatic heterocycles. The summed E-state index contributed by atoms with van der Waals surface area (Å²) in [4.78, 5) is 16.1. The molecule has 0 radical (unpaired) electrons. The summed E-state index contributed by atoms with van der Waals surface area (Å²) in [5, 5.41) is 0. The van der Waals surface area contributed by atoms with Crippen molar-refractivity contribution in [2.45, 2.75) is 6.54 Å². The third kappa shape index (κ3) is 3.94. The summed E-state index contributed by atoms with van der Waals surface area (Å²) in [5.74, 6) is 0.710. The molecule has 1 aromatic rings. The maximum atomic E-state index is 12.1. The fourth-order valence-corrected chi connectivity index (χ4v) is 2.54. The van der Waals surface area contributed by atoms with Gasteiger partial charge in [0.1, 0.15) is 5.75 Å². The highest BCUT2D eigenvalue weighted by molar-refractivity contribution is 9.10. The maximum absolute atomic E-state index is 12.1. The number of hydrogen-bond acceptors (Lipinski definition) is 4. The van der Waals surface area contributed by atoms with E-state index in [0.29, 0.717) is 12.3 Å². The van der Waals surface area contributed by atoms with Crippen LogP contribution in [0.15, 0.2) is 22.7 Å². The van der Waals surface area contributed by atoms with E-state index in [2.05, 4.69) is 27.9 Å². The number of ether oxygens (including phenoxy) is 1. The molecule has 2 rings (SSSR count). The summed E-state index contributed by atoms with van der Waals surface area (Å²) in [7, 11) is 2.06. The molecule has 1 aliphatic rings. The molecule has 0 spiro atoms. The third-order valence-corrected chi connectivity index (χ3v) is 3.94. The summed E-state index contributed by atoms with van der Waals surface area (Å²) in [6.07, 6.45) is 0. The number of nitrogens with zero attached hydrogens (tertiary/aromatic N) is 2. The Hall–Kier alpha value is -1.11. The molecule has 2 N–H and O–H groups in total. The molecular formula is C14H20BrN3O2. The van der Waals surface area contributed by atoms with Gasteiger partial charge in [-0.05, 0) is 25.2 Å². The van der Waals surface area contributed by atoms with E-state index in [0.717, 1.165) is 36.2 Å². The van der Waals surface area contributed by atoms with Gasteiger partial charge in [0.25, 0.3) is 5.91 Å². The van der Waals surface area contributed by atoms with Crippen LogP contribution in [0, 0.1) is 0 Å². The molecular weight excluding hydrogens is 322 g/mol. The molecule has 0 saturated carbocycles. The summed E-state index contributed by atoms with van der Waals surface area (Å²) in [6, 6.07) is 5.63. The third-order valence-electron chi connectivity index (χ3n) is 3.45. The van der Waals surface area contributed by atoms with Crippen molar-refractivity contribution in [1.29, 1.82) is 0 Å². The fourth-order valence-electron chi connectivity index (χ4n) is 2.13. The van der Waals surface area contributed by atoms with E-state index in [4.69, 9.17) is 10.5 Å². The lowest BCUT2D eigenvalue weighted by Crippen LogP contribution is -2.48. The first-order valence-electron chi connectivity index (χ1n) is 6.68. The quantitative estimate of drug-likeness (QED) is 0.889. The number of piperazine rings is 1. The van der Waals surface area contributed by atoms with Crippen LogP contribution in [0.1, 0.15) is 5.56 Å². The van der Waals surface area contributed by atoms with Crippen LogP contribution in [-0.4, -0.2) is 55.5 Å². The van der Waals surface area contributed by atoms with Crippen molar-refractivity contribution in [2.24, 2.45) is 5.73 Å². The second-order valence-corrected chi connectivity index (χ2v) is 5.84. The molecule has 110 valence electrons. The van der Waals surface area contributed by atoms with Crippen molar-refractivity contribution in [1.82, 2.24) is 9.80 Å². The predicted molar refractivity (Wildman–Crippen MR) is 81.6 cm³/mol. The molecule has 5 nitrogen and oxygen atoms in total. The second-order valence-electron chi connectivity index (χ2n) is 4.93. The van der Waals surface area contributed by atoms with Crippen LogP contribution < -0.4 is 10.5 Å². The van der Waals surface area contributed by atoms with Crippen LogP contribution in [0.3, 0.4) is 0 Å². The first-order valence-corrected chi connectivity index (χ1v) is 7.47. The number of rotatable bonds is 4. The number of amides is 1. The van der Waals surface area contributed by atoms with Gasteiger partial charge in [0.15, 0.2) is 6.61 Å². The number of hydrogen-bond donors (Lipinski definition) is 1. The van der Waals surface area contributed by atoms with E-state index in [9.17, 15) is 4.79 Å². The van der Waals surface area contributed by atoms with Crippen molar-refractivity contribution in [3.05, 3.63) is 28.2 Å². The molecule has 1 saturated heterocycles. The van der Waals surface area contributed by atoms with Crippen molar-refractivity contribution in [2.75, 3.05) is 39.8 Å². The molecule has 1 amide bonds. The summed E-state index contributed by atoms with van der Waals surface area (Å²) in [5.41, 5.74) is 6.58. The lowest BCUT2D eigenvalue weighted by molar-refractivity contribution is -0.134. The standard InChI is InChI=1S/C14H20BrN3O2/c1-17-4-6-18(7-5-17)14(19)10-20-13-3-2-12(15)8-11(13)9-16/h2-3,8H,4-7,9-10,16H2,1H3. The molecule has 1 fully saturated rings. The van der Waals surface area contributed by atoms with Gasteiger partial charge in [-0.3, -0.25) is 4.79 Å². The molecule has 1 aromatic carbocycles. The van der Waals surface area contributed by atoms with Gasteiger partial charge >= 0.3 is 0 Å². The minimum Gasteiger partial charge on any atom is -0.483 e. The Morgan fingerprint density at radius 1 is 1.35 bits per heavy atom. The first-order chi connectivity index (χ1) is 9.60. The van der Waals surface area contributed by atoms with Crippen LogP contribution in [0.2, 0.25) is 0 Å². The largest absolute Gasteiger partial charge is 0.483 e. The SMILES string of the molecule is CN1CCN(C(=O)COc2ccc(Br)cc2CN)CC1. The summed E-state index contributed by atoms with van der Waals surface area (Å²) in [6.45, 7) is 3.82. The predicted octanol–water partition coefficient (Wildman–Crippen LogP) is 1.06. The van der Waals surface area contributed by atoms with Gasteiger partial charge in [0.05, 0.1) is 0 Å². The van der Waals surface area contributed by atoms with Gasteiger partial charge in [0.2, 0.25) is 0 Å². The van der Waals surface area contributed by atoms with Gasteiger partial charge < -0.3 is 20.3 Å². The lowest BCUT2D eigenvalue weighted by Gasteiger charge is -2.32. The van der Waals surface area contributed by atoms with Crippen molar-refractivity contribution < 1.29 is 9.53 Å². The van der Waals surface area contributed by atoms with E-state index in [-0.39, 0.29) is 12.5 Å². The van der Waals surface area contributed by atoms with Gasteiger partial charge in [-0.15, -0.1) is 0 Å². The highest BCUT2D eigenvalue weighted by Gasteiger charge is 2.19. The number of carbonyl (C=O) groups excluding carboxylic acids is 1. The maximum Gasteiger partial charge on any atom is 0.260 e. The molecule has 0 atom stereocenters.